The van der Waals surface area contributed by atoms with Gasteiger partial charge in [0.25, 0.3) is 5.91 Å². The number of hydroxylamine groups is 2. The van der Waals surface area contributed by atoms with E-state index in [1.807, 2.05) is 45.0 Å². The minimum absolute atomic E-state index is 0.0215. The second-order valence-electron chi connectivity index (χ2n) is 7.30. The van der Waals surface area contributed by atoms with Gasteiger partial charge in [0.05, 0.1) is 12.0 Å². The van der Waals surface area contributed by atoms with E-state index in [0.29, 0.717) is 0 Å². The Hall–Kier alpha value is -2.25. The number of likely N-dealkylation sites (N-methyl/N-ethyl adjacent to an activating group) is 1. The molecule has 3 rings (SSSR count). The van der Waals surface area contributed by atoms with Gasteiger partial charge in [0.2, 0.25) is 11.8 Å². The van der Waals surface area contributed by atoms with Crippen LogP contribution in [0.3, 0.4) is 0 Å². The largest absolute Gasteiger partial charge is 0.352 e. The van der Waals surface area contributed by atoms with Gasteiger partial charge in [-0.25, -0.2) is 0 Å². The van der Waals surface area contributed by atoms with Crippen molar-refractivity contribution in [2.45, 2.75) is 51.8 Å². The normalized spacial score (nSPS) is 25.4. The molecule has 3 amide bonds. The third-order valence-electron chi connectivity index (χ3n) is 5.48. The van der Waals surface area contributed by atoms with Crippen LogP contribution in [0.1, 0.15) is 43.9 Å². The zero-order chi connectivity index (χ0) is 19.7. The molecule has 2 aliphatic heterocycles. The summed E-state index contributed by atoms with van der Waals surface area (Å²) in [6.07, 6.45) is 0.824. The SMILES string of the molecule is CCC(CC)NC(=O)CN1OC2C(=O)N(C)C(=O)C2C1c1ccc(C)cc1. The molecule has 7 nitrogen and oxygen atoms in total. The molecule has 2 saturated heterocycles. The number of carbonyl (C=O) groups excluding carboxylic acids is 3. The molecule has 7 heteroatoms. The molecule has 0 aromatic heterocycles. The van der Waals surface area contributed by atoms with Crippen LogP contribution in [-0.2, 0) is 19.2 Å². The Morgan fingerprint density at radius 2 is 1.78 bits per heavy atom. The molecular formula is C20H27N3O4. The van der Waals surface area contributed by atoms with Crippen molar-refractivity contribution in [3.8, 4) is 0 Å². The van der Waals surface area contributed by atoms with Gasteiger partial charge in [-0.3, -0.25) is 24.1 Å². The Morgan fingerprint density at radius 3 is 2.37 bits per heavy atom. The van der Waals surface area contributed by atoms with Crippen LogP contribution < -0.4 is 5.32 Å². The second kappa shape index (κ2) is 7.78. The average molecular weight is 373 g/mol. The monoisotopic (exact) mass is 373 g/mol. The molecule has 0 spiro atoms. The molecule has 1 aromatic carbocycles. The van der Waals surface area contributed by atoms with Gasteiger partial charge in [-0.15, -0.1) is 0 Å². The lowest BCUT2D eigenvalue weighted by atomic mass is 9.90. The third kappa shape index (κ3) is 3.61. The minimum Gasteiger partial charge on any atom is -0.352 e. The fraction of sp³-hybridized carbons (Fsp3) is 0.550. The Kier molecular flexibility index (Phi) is 5.62. The molecule has 1 aromatic rings. The number of hydrogen-bond donors (Lipinski definition) is 1. The Labute approximate surface area is 159 Å². The number of aryl methyl sites for hydroxylation is 1. The van der Waals surface area contributed by atoms with Crippen molar-refractivity contribution in [3.05, 3.63) is 35.4 Å². The first-order chi connectivity index (χ1) is 12.9. The summed E-state index contributed by atoms with van der Waals surface area (Å²) in [7, 11) is 1.47. The maximum Gasteiger partial charge on any atom is 0.261 e. The highest BCUT2D eigenvalue weighted by molar-refractivity contribution is 6.07. The van der Waals surface area contributed by atoms with E-state index in [-0.39, 0.29) is 30.3 Å². The summed E-state index contributed by atoms with van der Waals surface area (Å²) in [4.78, 5) is 44.5. The number of rotatable bonds is 6. The molecule has 2 heterocycles. The topological polar surface area (TPSA) is 79.0 Å². The van der Waals surface area contributed by atoms with Gasteiger partial charge in [0, 0.05) is 13.1 Å². The molecule has 27 heavy (non-hydrogen) atoms. The number of imide groups is 1. The fourth-order valence-corrected chi connectivity index (χ4v) is 3.79. The smallest absolute Gasteiger partial charge is 0.261 e. The number of carbonyl (C=O) groups is 3. The van der Waals surface area contributed by atoms with Crippen molar-refractivity contribution in [1.82, 2.24) is 15.3 Å². The van der Waals surface area contributed by atoms with Crippen molar-refractivity contribution in [2.24, 2.45) is 5.92 Å². The van der Waals surface area contributed by atoms with Gasteiger partial charge >= 0.3 is 0 Å². The van der Waals surface area contributed by atoms with Crippen molar-refractivity contribution >= 4 is 17.7 Å². The maximum atomic E-state index is 12.6. The van der Waals surface area contributed by atoms with Crippen LogP contribution in [0.5, 0.6) is 0 Å². The van der Waals surface area contributed by atoms with Crippen LogP contribution in [0.25, 0.3) is 0 Å². The number of likely N-dealkylation sites (tertiary alicyclic amines) is 1. The highest BCUT2D eigenvalue weighted by atomic mass is 16.7. The summed E-state index contributed by atoms with van der Waals surface area (Å²) < 4.78 is 0. The van der Waals surface area contributed by atoms with Gasteiger partial charge < -0.3 is 5.32 Å². The molecule has 3 atom stereocenters. The number of nitrogens with one attached hydrogen (secondary N) is 1. The van der Waals surface area contributed by atoms with Crippen LogP contribution in [0, 0.1) is 12.8 Å². The Balaban J connectivity index is 1.86. The molecule has 0 aliphatic carbocycles. The summed E-state index contributed by atoms with van der Waals surface area (Å²) in [6.45, 7) is 6.00. The summed E-state index contributed by atoms with van der Waals surface area (Å²) in [5.74, 6) is -1.43. The summed E-state index contributed by atoms with van der Waals surface area (Å²) in [5.41, 5.74) is 1.96. The van der Waals surface area contributed by atoms with Crippen molar-refractivity contribution < 1.29 is 19.2 Å². The maximum absolute atomic E-state index is 12.6. The molecule has 0 bridgehead atoms. The lowest BCUT2D eigenvalue weighted by molar-refractivity contribution is -0.182. The number of benzene rings is 1. The van der Waals surface area contributed by atoms with Crippen LogP contribution in [0.15, 0.2) is 24.3 Å². The number of fused-ring (bicyclic) bond motifs is 1. The van der Waals surface area contributed by atoms with E-state index in [2.05, 4.69) is 5.32 Å². The Bertz CT molecular complexity index is 729. The Morgan fingerprint density at radius 1 is 1.15 bits per heavy atom. The molecule has 0 saturated carbocycles. The van der Waals surface area contributed by atoms with Gasteiger partial charge in [0.15, 0.2) is 6.10 Å². The highest BCUT2D eigenvalue weighted by Gasteiger charge is 2.58. The number of amides is 3. The van der Waals surface area contributed by atoms with E-state index in [4.69, 9.17) is 4.84 Å². The molecule has 0 radical (unpaired) electrons. The lowest BCUT2D eigenvalue weighted by Gasteiger charge is -2.26. The first-order valence-corrected chi connectivity index (χ1v) is 9.48. The molecule has 3 unspecified atom stereocenters. The first-order valence-electron chi connectivity index (χ1n) is 9.48. The summed E-state index contributed by atoms with van der Waals surface area (Å²) in [5, 5.41) is 4.48. The first kappa shape index (κ1) is 19.5. The fourth-order valence-electron chi connectivity index (χ4n) is 3.79. The van der Waals surface area contributed by atoms with E-state index >= 15 is 0 Å². The molecular weight excluding hydrogens is 346 g/mol. The summed E-state index contributed by atoms with van der Waals surface area (Å²) in [6, 6.07) is 7.39. The molecule has 2 aliphatic rings. The second-order valence-corrected chi connectivity index (χ2v) is 7.30. The standard InChI is InChI=1S/C20H27N3O4/c1-5-14(6-2)21-15(24)11-23-17(13-9-7-12(3)8-10-13)16-18(27-23)20(26)22(4)19(16)25/h7-10,14,16-18H,5-6,11H2,1-4H3,(H,21,24). The van der Waals surface area contributed by atoms with Gasteiger partial charge in [0.1, 0.15) is 6.54 Å². The van der Waals surface area contributed by atoms with Crippen LogP contribution >= 0.6 is 0 Å². The van der Waals surface area contributed by atoms with Gasteiger partial charge in [-0.05, 0) is 25.3 Å². The highest BCUT2D eigenvalue weighted by Crippen LogP contribution is 2.43. The molecule has 146 valence electrons. The number of hydrogen-bond acceptors (Lipinski definition) is 5. The van der Waals surface area contributed by atoms with E-state index in [9.17, 15) is 14.4 Å². The third-order valence-corrected chi connectivity index (χ3v) is 5.48. The average Bonchev–Trinajstić information content (AvgIpc) is 3.12. The van der Waals surface area contributed by atoms with Crippen LogP contribution in [0.2, 0.25) is 0 Å². The predicted octanol–water partition coefficient (Wildman–Crippen LogP) is 1.57. The van der Waals surface area contributed by atoms with Crippen LogP contribution in [-0.4, -0.2) is 53.4 Å². The molecule has 1 N–H and O–H groups in total. The predicted molar refractivity (Wildman–Crippen MR) is 99.3 cm³/mol. The van der Waals surface area contributed by atoms with E-state index in [1.165, 1.54) is 12.1 Å². The van der Waals surface area contributed by atoms with Gasteiger partial charge in [-0.2, -0.15) is 5.06 Å². The van der Waals surface area contributed by atoms with Crippen molar-refractivity contribution in [3.63, 3.8) is 0 Å². The van der Waals surface area contributed by atoms with E-state index in [0.717, 1.165) is 28.9 Å². The van der Waals surface area contributed by atoms with Crippen LogP contribution in [0.4, 0.5) is 0 Å². The van der Waals surface area contributed by atoms with E-state index < -0.39 is 18.1 Å². The number of nitrogens with zero attached hydrogens (tertiary/aromatic N) is 2. The zero-order valence-corrected chi connectivity index (χ0v) is 16.3. The summed E-state index contributed by atoms with van der Waals surface area (Å²) >= 11 is 0. The lowest BCUT2D eigenvalue weighted by Crippen LogP contribution is -2.43. The van der Waals surface area contributed by atoms with Crippen molar-refractivity contribution in [1.29, 1.82) is 0 Å². The van der Waals surface area contributed by atoms with E-state index in [1.54, 1.807) is 0 Å². The van der Waals surface area contributed by atoms with Gasteiger partial charge in [-0.1, -0.05) is 43.7 Å². The van der Waals surface area contributed by atoms with Crippen molar-refractivity contribution in [2.75, 3.05) is 13.6 Å². The molecule has 2 fully saturated rings. The minimum atomic E-state index is -0.866. The zero-order valence-electron chi connectivity index (χ0n) is 16.3. The quantitative estimate of drug-likeness (QED) is 0.766.